The van der Waals surface area contributed by atoms with Crippen LogP contribution in [0.2, 0.25) is 0 Å². The highest BCUT2D eigenvalue weighted by Gasteiger charge is 2.20. The van der Waals surface area contributed by atoms with Crippen LogP contribution >= 0.6 is 0 Å². The normalized spacial score (nSPS) is 12.6. The summed E-state index contributed by atoms with van der Waals surface area (Å²) in [7, 11) is 3.17. The molecule has 0 saturated heterocycles. The Morgan fingerprint density at radius 2 is 2.00 bits per heavy atom. The zero-order valence-electron chi connectivity index (χ0n) is 11.9. The molecule has 0 aliphatic heterocycles. The molecule has 1 atom stereocenters. The van der Waals surface area contributed by atoms with Gasteiger partial charge in [-0.05, 0) is 18.9 Å². The second-order valence-electron chi connectivity index (χ2n) is 4.55. The number of ether oxygens (including phenoxy) is 2. The summed E-state index contributed by atoms with van der Waals surface area (Å²) in [6.07, 6.45) is 2.62. The van der Waals surface area contributed by atoms with E-state index >= 15 is 0 Å². The van der Waals surface area contributed by atoms with Crippen LogP contribution in [0.5, 0.6) is 11.8 Å². The van der Waals surface area contributed by atoms with E-state index in [-0.39, 0.29) is 6.04 Å². The molecule has 0 aliphatic carbocycles. The zero-order chi connectivity index (χ0) is 13.5. The summed E-state index contributed by atoms with van der Waals surface area (Å²) >= 11 is 0. The summed E-state index contributed by atoms with van der Waals surface area (Å²) in [4.78, 5) is 8.69. The molecule has 102 valence electrons. The average molecular weight is 253 g/mol. The lowest BCUT2D eigenvalue weighted by atomic mass is 10.0. The molecular formula is C13H23N3O2. The van der Waals surface area contributed by atoms with Crippen LogP contribution < -0.4 is 14.8 Å². The summed E-state index contributed by atoms with van der Waals surface area (Å²) in [5, 5.41) is 3.42. The standard InChI is InChI=1S/C13H23N3O2/c1-6-14-10(7-9(2)3)12-13(18-5)16-11(17-4)8-15-12/h8-10,14H,6-7H2,1-5H3. The topological polar surface area (TPSA) is 56.3 Å². The van der Waals surface area contributed by atoms with Crippen LogP contribution in [-0.2, 0) is 0 Å². The molecule has 1 heterocycles. The van der Waals surface area contributed by atoms with Crippen molar-refractivity contribution in [1.29, 1.82) is 0 Å². The van der Waals surface area contributed by atoms with E-state index in [4.69, 9.17) is 9.47 Å². The number of hydrogen-bond donors (Lipinski definition) is 1. The average Bonchev–Trinajstić information content (AvgIpc) is 2.37. The van der Waals surface area contributed by atoms with Crippen molar-refractivity contribution >= 4 is 0 Å². The van der Waals surface area contributed by atoms with E-state index in [0.717, 1.165) is 18.7 Å². The van der Waals surface area contributed by atoms with Gasteiger partial charge in [-0.25, -0.2) is 4.98 Å². The molecular weight excluding hydrogens is 230 g/mol. The SMILES string of the molecule is CCNC(CC(C)C)c1ncc(OC)nc1OC. The number of nitrogens with zero attached hydrogens (tertiary/aromatic N) is 2. The van der Waals surface area contributed by atoms with Crippen molar-refractivity contribution in [3.8, 4) is 11.8 Å². The third kappa shape index (κ3) is 3.84. The van der Waals surface area contributed by atoms with Gasteiger partial charge in [0.2, 0.25) is 11.8 Å². The Morgan fingerprint density at radius 1 is 1.28 bits per heavy atom. The molecule has 0 fully saturated rings. The lowest BCUT2D eigenvalue weighted by Crippen LogP contribution is -2.24. The number of hydrogen-bond acceptors (Lipinski definition) is 5. The van der Waals surface area contributed by atoms with Crippen molar-refractivity contribution in [1.82, 2.24) is 15.3 Å². The molecule has 18 heavy (non-hydrogen) atoms. The highest BCUT2D eigenvalue weighted by molar-refractivity contribution is 5.25. The minimum atomic E-state index is 0.156. The van der Waals surface area contributed by atoms with Gasteiger partial charge in [-0.3, -0.25) is 0 Å². The predicted molar refractivity (Wildman–Crippen MR) is 71.0 cm³/mol. The van der Waals surface area contributed by atoms with Gasteiger partial charge in [0.1, 0.15) is 5.69 Å². The lowest BCUT2D eigenvalue weighted by Gasteiger charge is -2.20. The zero-order valence-corrected chi connectivity index (χ0v) is 11.9. The van der Waals surface area contributed by atoms with Crippen molar-refractivity contribution in [2.24, 2.45) is 5.92 Å². The Balaban J connectivity index is 3.02. The van der Waals surface area contributed by atoms with Crippen LogP contribution in [0.3, 0.4) is 0 Å². The Kier molecular flexibility index (Phi) is 5.85. The molecule has 0 spiro atoms. The fourth-order valence-electron chi connectivity index (χ4n) is 1.86. The van der Waals surface area contributed by atoms with Crippen LogP contribution in [0.4, 0.5) is 0 Å². The quantitative estimate of drug-likeness (QED) is 0.807. The van der Waals surface area contributed by atoms with Crippen LogP contribution in [0.25, 0.3) is 0 Å². The van der Waals surface area contributed by atoms with Crippen molar-refractivity contribution < 1.29 is 9.47 Å². The first-order chi connectivity index (χ1) is 8.62. The van der Waals surface area contributed by atoms with Gasteiger partial charge < -0.3 is 14.8 Å². The number of aromatic nitrogens is 2. The second kappa shape index (κ2) is 7.16. The molecule has 0 aliphatic rings. The smallest absolute Gasteiger partial charge is 0.240 e. The maximum absolute atomic E-state index is 5.30. The molecule has 1 rings (SSSR count). The van der Waals surface area contributed by atoms with Gasteiger partial charge in [0.25, 0.3) is 0 Å². The summed E-state index contributed by atoms with van der Waals surface area (Å²) < 4.78 is 10.4. The molecule has 1 aromatic rings. The fourth-order valence-corrected chi connectivity index (χ4v) is 1.86. The Hall–Kier alpha value is -1.36. The molecule has 1 N–H and O–H groups in total. The van der Waals surface area contributed by atoms with Crippen LogP contribution in [0, 0.1) is 5.92 Å². The van der Waals surface area contributed by atoms with Gasteiger partial charge >= 0.3 is 0 Å². The number of nitrogens with one attached hydrogen (secondary N) is 1. The van der Waals surface area contributed by atoms with E-state index < -0.39 is 0 Å². The van der Waals surface area contributed by atoms with E-state index in [9.17, 15) is 0 Å². The van der Waals surface area contributed by atoms with Crippen LogP contribution in [-0.4, -0.2) is 30.7 Å². The molecule has 1 aromatic heterocycles. The molecule has 5 heteroatoms. The number of rotatable bonds is 7. The van der Waals surface area contributed by atoms with Gasteiger partial charge in [0.05, 0.1) is 26.5 Å². The highest BCUT2D eigenvalue weighted by atomic mass is 16.5. The van der Waals surface area contributed by atoms with E-state index in [1.54, 1.807) is 20.4 Å². The molecule has 0 bridgehead atoms. The van der Waals surface area contributed by atoms with E-state index in [0.29, 0.717) is 17.7 Å². The van der Waals surface area contributed by atoms with Crippen molar-refractivity contribution in [2.75, 3.05) is 20.8 Å². The molecule has 0 radical (unpaired) electrons. The maximum Gasteiger partial charge on any atom is 0.240 e. The van der Waals surface area contributed by atoms with Crippen molar-refractivity contribution in [3.63, 3.8) is 0 Å². The predicted octanol–water partition coefficient (Wildman–Crippen LogP) is 2.19. The molecule has 5 nitrogen and oxygen atoms in total. The maximum atomic E-state index is 5.30. The molecule has 1 unspecified atom stereocenters. The minimum Gasteiger partial charge on any atom is -0.480 e. The van der Waals surface area contributed by atoms with Crippen molar-refractivity contribution in [3.05, 3.63) is 11.9 Å². The second-order valence-corrected chi connectivity index (χ2v) is 4.55. The van der Waals surface area contributed by atoms with Gasteiger partial charge in [0, 0.05) is 0 Å². The fraction of sp³-hybridized carbons (Fsp3) is 0.692. The molecule has 0 saturated carbocycles. The molecule has 0 aromatic carbocycles. The highest BCUT2D eigenvalue weighted by Crippen LogP contribution is 2.27. The van der Waals surface area contributed by atoms with Crippen molar-refractivity contribution in [2.45, 2.75) is 33.2 Å². The first-order valence-corrected chi connectivity index (χ1v) is 6.30. The monoisotopic (exact) mass is 253 g/mol. The Labute approximate surface area is 109 Å². The Morgan fingerprint density at radius 3 is 2.50 bits per heavy atom. The Bertz CT molecular complexity index is 369. The van der Waals surface area contributed by atoms with E-state index in [1.807, 2.05) is 0 Å². The van der Waals surface area contributed by atoms with Gasteiger partial charge in [-0.2, -0.15) is 4.98 Å². The third-order valence-corrected chi connectivity index (χ3v) is 2.64. The first-order valence-electron chi connectivity index (χ1n) is 6.30. The third-order valence-electron chi connectivity index (χ3n) is 2.64. The van der Waals surface area contributed by atoms with Crippen LogP contribution in [0.1, 0.15) is 38.9 Å². The summed E-state index contributed by atoms with van der Waals surface area (Å²) in [5.41, 5.74) is 0.842. The number of methoxy groups -OCH3 is 2. The van der Waals surface area contributed by atoms with E-state index in [2.05, 4.69) is 36.1 Å². The van der Waals surface area contributed by atoms with Gasteiger partial charge in [-0.15, -0.1) is 0 Å². The van der Waals surface area contributed by atoms with Gasteiger partial charge in [-0.1, -0.05) is 20.8 Å². The summed E-state index contributed by atoms with van der Waals surface area (Å²) in [6.45, 7) is 7.34. The van der Waals surface area contributed by atoms with Crippen LogP contribution in [0.15, 0.2) is 6.20 Å². The van der Waals surface area contributed by atoms with Gasteiger partial charge in [0.15, 0.2) is 0 Å². The minimum absolute atomic E-state index is 0.156. The first kappa shape index (κ1) is 14.7. The summed E-state index contributed by atoms with van der Waals surface area (Å²) in [5.74, 6) is 1.57. The van der Waals surface area contributed by atoms with E-state index in [1.165, 1.54) is 0 Å². The molecule has 0 amide bonds. The lowest BCUT2D eigenvalue weighted by molar-refractivity contribution is 0.341. The largest absolute Gasteiger partial charge is 0.480 e. The summed E-state index contributed by atoms with van der Waals surface area (Å²) in [6, 6.07) is 0.156.